The Kier molecular flexibility index (Phi) is 19.0. The highest BCUT2D eigenvalue weighted by atomic mass is 14.1. The van der Waals surface area contributed by atoms with Gasteiger partial charge in [0.05, 0.1) is 0 Å². The predicted molar refractivity (Wildman–Crippen MR) is 103 cm³/mol. The summed E-state index contributed by atoms with van der Waals surface area (Å²) in [6.45, 7) is 8.76. The van der Waals surface area contributed by atoms with Crippen LogP contribution in [-0.4, -0.2) is 0 Å². The van der Waals surface area contributed by atoms with Crippen LogP contribution in [0.25, 0.3) is 0 Å². The van der Waals surface area contributed by atoms with Crippen molar-refractivity contribution in [3.63, 3.8) is 0 Å². The zero-order valence-electron chi connectivity index (χ0n) is 16.0. The second-order valence-electron chi connectivity index (χ2n) is 7.33. The van der Waals surface area contributed by atoms with Gasteiger partial charge in [0, 0.05) is 0 Å². The van der Waals surface area contributed by atoms with Crippen LogP contribution < -0.4 is 0 Å². The molecule has 1 unspecified atom stereocenters. The molecule has 0 saturated heterocycles. The molecule has 0 N–H and O–H groups in total. The maximum atomic E-state index is 4.16. The maximum absolute atomic E-state index is 4.16. The first-order valence-corrected chi connectivity index (χ1v) is 10.6. The minimum absolute atomic E-state index is 0.913. The third-order valence-electron chi connectivity index (χ3n) is 5.09. The van der Waals surface area contributed by atoms with Gasteiger partial charge in [-0.3, -0.25) is 0 Å². The van der Waals surface area contributed by atoms with E-state index in [2.05, 4.69) is 20.8 Å². The molecule has 0 aromatic carbocycles. The summed E-state index contributed by atoms with van der Waals surface area (Å²) in [5, 5.41) is 0. The van der Waals surface area contributed by atoms with E-state index >= 15 is 0 Å². The van der Waals surface area contributed by atoms with Crippen LogP contribution in [-0.2, 0) is 0 Å². The lowest BCUT2D eigenvalue weighted by atomic mass is 9.92. The van der Waals surface area contributed by atoms with Crippen LogP contribution >= 0.6 is 0 Å². The molecule has 1 radical (unpaired) electrons. The van der Waals surface area contributed by atoms with Gasteiger partial charge >= 0.3 is 0 Å². The highest BCUT2D eigenvalue weighted by molar-refractivity contribution is 4.62. The number of unbranched alkanes of at least 4 members (excludes halogenated alkanes) is 13. The van der Waals surface area contributed by atoms with E-state index < -0.39 is 0 Å². The average Bonchev–Trinajstić information content (AvgIpc) is 2.54. The summed E-state index contributed by atoms with van der Waals surface area (Å²) in [6, 6.07) is 0. The molecule has 0 rings (SSSR count). The van der Waals surface area contributed by atoms with Crippen molar-refractivity contribution in [3.05, 3.63) is 6.92 Å². The maximum Gasteiger partial charge on any atom is -0.0414 e. The Balaban J connectivity index is 3.25. The van der Waals surface area contributed by atoms with E-state index in [1.165, 1.54) is 109 Å². The molecule has 22 heavy (non-hydrogen) atoms. The van der Waals surface area contributed by atoms with Crippen LogP contribution in [0.5, 0.6) is 0 Å². The zero-order valence-corrected chi connectivity index (χ0v) is 16.0. The van der Waals surface area contributed by atoms with Crippen molar-refractivity contribution in [1.29, 1.82) is 0 Å². The molecule has 0 spiro atoms. The molecular weight excluding hydrogens is 264 g/mol. The molecular formula is C22H45. The fraction of sp³-hybridized carbons (Fsp3) is 0.955. The van der Waals surface area contributed by atoms with Crippen LogP contribution in [0.2, 0.25) is 0 Å². The van der Waals surface area contributed by atoms with Crippen LogP contribution in [0.15, 0.2) is 0 Å². The molecule has 0 saturated carbocycles. The first-order chi connectivity index (χ1) is 10.8. The number of hydrogen-bond donors (Lipinski definition) is 0. The molecule has 0 heteroatoms. The summed E-state index contributed by atoms with van der Waals surface area (Å²) >= 11 is 0. The summed E-state index contributed by atoms with van der Waals surface area (Å²) < 4.78 is 0. The van der Waals surface area contributed by atoms with Crippen molar-refractivity contribution < 1.29 is 0 Å². The van der Waals surface area contributed by atoms with Crippen molar-refractivity contribution in [2.45, 2.75) is 129 Å². The highest BCUT2D eigenvalue weighted by Crippen LogP contribution is 2.21. The fourth-order valence-electron chi connectivity index (χ4n) is 3.39. The van der Waals surface area contributed by atoms with E-state index in [1.54, 1.807) is 0 Å². The quantitative estimate of drug-likeness (QED) is 0.223. The van der Waals surface area contributed by atoms with Gasteiger partial charge in [-0.05, 0) is 5.92 Å². The van der Waals surface area contributed by atoms with Crippen molar-refractivity contribution in [2.24, 2.45) is 5.92 Å². The van der Waals surface area contributed by atoms with E-state index in [4.69, 9.17) is 0 Å². The van der Waals surface area contributed by atoms with Gasteiger partial charge in [0.1, 0.15) is 0 Å². The van der Waals surface area contributed by atoms with E-state index in [1.807, 2.05) is 0 Å². The highest BCUT2D eigenvalue weighted by Gasteiger charge is 2.05. The van der Waals surface area contributed by atoms with Gasteiger partial charge in [-0.1, -0.05) is 136 Å². The summed E-state index contributed by atoms with van der Waals surface area (Å²) in [6.07, 6.45) is 25.7. The topological polar surface area (TPSA) is 0 Å². The Hall–Kier alpha value is 0. The zero-order chi connectivity index (χ0) is 16.3. The van der Waals surface area contributed by atoms with E-state index in [0.29, 0.717) is 0 Å². The molecule has 0 aliphatic heterocycles. The fourth-order valence-corrected chi connectivity index (χ4v) is 3.39. The lowest BCUT2D eigenvalue weighted by molar-refractivity contribution is 0.405. The minimum atomic E-state index is 0.913. The third-order valence-corrected chi connectivity index (χ3v) is 5.09. The molecule has 0 aromatic heterocycles. The van der Waals surface area contributed by atoms with Gasteiger partial charge in [0.25, 0.3) is 0 Å². The average molecular weight is 310 g/mol. The van der Waals surface area contributed by atoms with Crippen LogP contribution in [0, 0.1) is 12.8 Å². The molecule has 133 valence electrons. The lowest BCUT2D eigenvalue weighted by Crippen LogP contribution is -1.99. The third kappa shape index (κ3) is 16.4. The van der Waals surface area contributed by atoms with Gasteiger partial charge in [-0.15, -0.1) is 0 Å². The normalized spacial score (nSPS) is 12.7. The number of hydrogen-bond acceptors (Lipinski definition) is 0. The van der Waals surface area contributed by atoms with Crippen molar-refractivity contribution in [3.8, 4) is 0 Å². The van der Waals surface area contributed by atoms with Crippen molar-refractivity contribution in [2.75, 3.05) is 0 Å². The molecule has 0 amide bonds. The van der Waals surface area contributed by atoms with E-state index in [9.17, 15) is 0 Å². The standard InChI is InChI=1S/C22H45/c1-4-7-9-11-12-13-14-15-17-19-21-22(6-3)20-18-16-10-8-5-2/h22H,3-21H2,1-2H3. The molecule has 0 aliphatic carbocycles. The Morgan fingerprint density at radius 2 is 0.818 bits per heavy atom. The van der Waals surface area contributed by atoms with Gasteiger partial charge < -0.3 is 0 Å². The smallest absolute Gasteiger partial charge is 0.0414 e. The van der Waals surface area contributed by atoms with E-state index in [-0.39, 0.29) is 0 Å². The predicted octanol–water partition coefficient (Wildman–Crippen LogP) is 8.50. The lowest BCUT2D eigenvalue weighted by Gasteiger charge is -2.14. The summed E-state index contributed by atoms with van der Waals surface area (Å²) in [7, 11) is 0. The molecule has 0 fully saturated rings. The van der Waals surface area contributed by atoms with Crippen LogP contribution in [0.4, 0.5) is 0 Å². The minimum Gasteiger partial charge on any atom is -0.0654 e. The second kappa shape index (κ2) is 19.0. The first kappa shape index (κ1) is 22.0. The van der Waals surface area contributed by atoms with Crippen molar-refractivity contribution in [1.82, 2.24) is 0 Å². The molecule has 0 aromatic rings. The molecule has 0 nitrogen and oxygen atoms in total. The van der Waals surface area contributed by atoms with Gasteiger partial charge in [0.15, 0.2) is 0 Å². The van der Waals surface area contributed by atoms with Crippen molar-refractivity contribution >= 4 is 0 Å². The molecule has 1 atom stereocenters. The first-order valence-electron chi connectivity index (χ1n) is 10.6. The monoisotopic (exact) mass is 309 g/mol. The molecule has 0 bridgehead atoms. The Morgan fingerprint density at radius 1 is 0.500 bits per heavy atom. The van der Waals surface area contributed by atoms with Crippen LogP contribution in [0.3, 0.4) is 0 Å². The Labute approximate surface area is 142 Å². The SMILES string of the molecule is [CH2]CC(CCCCCCC)CCCCCCCCCCCC. The summed E-state index contributed by atoms with van der Waals surface area (Å²) in [5.74, 6) is 0.913. The molecule has 0 heterocycles. The largest absolute Gasteiger partial charge is 0.0654 e. The van der Waals surface area contributed by atoms with Gasteiger partial charge in [-0.25, -0.2) is 0 Å². The molecule has 0 aliphatic rings. The Bertz CT molecular complexity index is 184. The van der Waals surface area contributed by atoms with Gasteiger partial charge in [-0.2, -0.15) is 0 Å². The Morgan fingerprint density at radius 3 is 1.14 bits per heavy atom. The number of rotatable bonds is 18. The van der Waals surface area contributed by atoms with E-state index in [0.717, 1.165) is 12.3 Å². The second-order valence-corrected chi connectivity index (χ2v) is 7.33. The summed E-state index contributed by atoms with van der Waals surface area (Å²) in [4.78, 5) is 0. The van der Waals surface area contributed by atoms with Gasteiger partial charge in [0.2, 0.25) is 0 Å². The van der Waals surface area contributed by atoms with Crippen LogP contribution in [0.1, 0.15) is 129 Å². The summed E-state index contributed by atoms with van der Waals surface area (Å²) in [5.41, 5.74) is 0.